The Morgan fingerprint density at radius 2 is 1.96 bits per heavy atom. The van der Waals surface area contributed by atoms with Crippen LogP contribution in [0.25, 0.3) is 16.9 Å². The lowest BCUT2D eigenvalue weighted by Gasteiger charge is -2.18. The SMILES string of the molecule is CN(C)CCN1CCC(n2nnc(Cn3cc(NC(O)c4cnn5cccnc45)c(-c4cc(OC(F)F)ccc4OC(F)F)n3)n2)C1. The molecule has 4 aromatic heterocycles. The Morgan fingerprint density at radius 1 is 1.13 bits per heavy atom. The lowest BCUT2D eigenvalue weighted by Crippen LogP contribution is -2.30. The lowest BCUT2D eigenvalue weighted by atomic mass is 10.1. The fourth-order valence-corrected chi connectivity index (χ4v) is 5.30. The summed E-state index contributed by atoms with van der Waals surface area (Å²) in [6.45, 7) is -2.83. The third-order valence-electron chi connectivity index (χ3n) is 7.51. The van der Waals surface area contributed by atoms with E-state index in [4.69, 9.17) is 4.74 Å². The number of aliphatic hydroxyl groups excluding tert-OH is 1. The smallest absolute Gasteiger partial charge is 0.387 e. The summed E-state index contributed by atoms with van der Waals surface area (Å²) in [6, 6.07) is 4.96. The van der Waals surface area contributed by atoms with Crippen molar-refractivity contribution in [3.63, 3.8) is 0 Å². The van der Waals surface area contributed by atoms with Crippen LogP contribution in [-0.2, 0) is 6.54 Å². The number of nitrogens with one attached hydrogen (secondary N) is 1. The van der Waals surface area contributed by atoms with Gasteiger partial charge in [-0.25, -0.2) is 9.50 Å². The van der Waals surface area contributed by atoms with Crippen LogP contribution in [0.1, 0.15) is 30.1 Å². The van der Waals surface area contributed by atoms with Crippen molar-refractivity contribution >= 4 is 11.3 Å². The van der Waals surface area contributed by atoms with Crippen LogP contribution in [0.4, 0.5) is 23.2 Å². The molecular weight excluding hydrogens is 628 g/mol. The third kappa shape index (κ3) is 7.58. The summed E-state index contributed by atoms with van der Waals surface area (Å²) in [7, 11) is 4.05. The Balaban J connectivity index is 1.31. The van der Waals surface area contributed by atoms with Crippen molar-refractivity contribution in [3.8, 4) is 22.8 Å². The molecule has 0 spiro atoms. The molecule has 15 nitrogen and oxygen atoms in total. The van der Waals surface area contributed by atoms with E-state index in [-0.39, 0.29) is 41.0 Å². The third-order valence-corrected chi connectivity index (χ3v) is 7.51. The number of tetrazole rings is 1. The van der Waals surface area contributed by atoms with Crippen molar-refractivity contribution < 1.29 is 32.1 Å². The van der Waals surface area contributed by atoms with E-state index in [1.54, 1.807) is 17.1 Å². The first kappa shape index (κ1) is 32.1. The van der Waals surface area contributed by atoms with Gasteiger partial charge in [-0.05, 0) is 50.0 Å². The number of aromatic nitrogens is 9. The largest absolute Gasteiger partial charge is 0.435 e. The molecule has 6 rings (SSSR count). The van der Waals surface area contributed by atoms with E-state index in [1.165, 1.54) is 27.8 Å². The molecule has 1 aliphatic rings. The number of ether oxygens (including phenoxy) is 2. The molecule has 1 fully saturated rings. The van der Waals surface area contributed by atoms with Gasteiger partial charge in [-0.3, -0.25) is 9.58 Å². The molecule has 5 heterocycles. The Kier molecular flexibility index (Phi) is 9.45. The minimum Gasteiger partial charge on any atom is -0.435 e. The topological polar surface area (TPSA) is 149 Å². The van der Waals surface area contributed by atoms with Gasteiger partial charge >= 0.3 is 13.2 Å². The van der Waals surface area contributed by atoms with Crippen molar-refractivity contribution in [2.75, 3.05) is 45.6 Å². The highest BCUT2D eigenvalue weighted by atomic mass is 19.3. The minimum absolute atomic E-state index is 0.0106. The summed E-state index contributed by atoms with van der Waals surface area (Å²) in [5, 5.41) is 35.8. The van der Waals surface area contributed by atoms with Crippen molar-refractivity contribution in [3.05, 3.63) is 60.4 Å². The number of alkyl halides is 4. The summed E-state index contributed by atoms with van der Waals surface area (Å²) >= 11 is 0. The summed E-state index contributed by atoms with van der Waals surface area (Å²) in [5.41, 5.74) is 0.701. The predicted molar refractivity (Wildman–Crippen MR) is 158 cm³/mol. The van der Waals surface area contributed by atoms with Gasteiger partial charge in [-0.1, -0.05) is 0 Å². The van der Waals surface area contributed by atoms with Crippen LogP contribution in [-0.4, -0.2) is 113 Å². The Hall–Kier alpha value is -4.88. The number of hydrogen-bond acceptors (Lipinski definition) is 12. The van der Waals surface area contributed by atoms with Gasteiger partial charge in [0.2, 0.25) is 0 Å². The molecule has 0 aliphatic carbocycles. The number of nitrogens with zero attached hydrogens (tertiary/aromatic N) is 11. The quantitative estimate of drug-likeness (QED) is 0.133. The molecular formula is C28H32F4N12O3. The number of fused-ring (bicyclic) bond motifs is 1. The van der Waals surface area contributed by atoms with Crippen molar-refractivity contribution in [2.24, 2.45) is 0 Å². The monoisotopic (exact) mass is 660 g/mol. The van der Waals surface area contributed by atoms with E-state index in [2.05, 4.69) is 50.4 Å². The van der Waals surface area contributed by atoms with E-state index in [0.717, 1.165) is 50.8 Å². The standard InChI is InChI=1S/C28H32F4N12O3/c1-40(2)10-11-41-9-6-17(14-41)44-37-23(36-39-44)16-42-15-21(35-26(45)20-13-34-43-8-3-7-33-25(20)43)24(38-42)19-12-18(46-27(29)30)4-5-22(19)47-28(31)32/h3-5,7-8,12-13,15,17,26-28,35,45H,6,9-11,14,16H2,1-2H3. The second-order valence-electron chi connectivity index (χ2n) is 11.1. The molecule has 0 amide bonds. The second-order valence-corrected chi connectivity index (χ2v) is 11.1. The Morgan fingerprint density at radius 3 is 2.74 bits per heavy atom. The number of aliphatic hydroxyl groups is 1. The van der Waals surface area contributed by atoms with E-state index in [9.17, 15) is 22.7 Å². The zero-order chi connectivity index (χ0) is 33.1. The molecule has 1 saturated heterocycles. The molecule has 2 unspecified atom stereocenters. The van der Waals surface area contributed by atoms with Gasteiger partial charge in [0.05, 0.1) is 29.1 Å². The normalized spacial score (nSPS) is 16.2. The Labute approximate surface area is 265 Å². The lowest BCUT2D eigenvalue weighted by molar-refractivity contribution is -0.0526. The molecule has 19 heteroatoms. The molecule has 0 radical (unpaired) electrons. The van der Waals surface area contributed by atoms with Gasteiger partial charge in [-0.15, -0.1) is 10.2 Å². The second kappa shape index (κ2) is 13.9. The fourth-order valence-electron chi connectivity index (χ4n) is 5.30. The molecule has 0 bridgehead atoms. The zero-order valence-electron chi connectivity index (χ0n) is 25.4. The summed E-state index contributed by atoms with van der Waals surface area (Å²) < 4.78 is 65.0. The van der Waals surface area contributed by atoms with Crippen LogP contribution in [0.15, 0.2) is 49.1 Å². The number of anilines is 1. The molecule has 2 N–H and O–H groups in total. The predicted octanol–water partition coefficient (Wildman–Crippen LogP) is 2.74. The van der Waals surface area contributed by atoms with Gasteiger partial charge in [0, 0.05) is 44.8 Å². The van der Waals surface area contributed by atoms with Crippen LogP contribution in [0.5, 0.6) is 11.5 Å². The van der Waals surface area contributed by atoms with E-state index in [1.807, 2.05) is 14.1 Å². The highest BCUT2D eigenvalue weighted by Gasteiger charge is 2.27. The van der Waals surface area contributed by atoms with Crippen molar-refractivity contribution in [1.29, 1.82) is 0 Å². The molecule has 1 aliphatic heterocycles. The summed E-state index contributed by atoms with van der Waals surface area (Å²) in [6.07, 6.45) is 5.56. The van der Waals surface area contributed by atoms with Crippen LogP contribution in [0.3, 0.4) is 0 Å². The highest BCUT2D eigenvalue weighted by Crippen LogP contribution is 2.39. The molecule has 2 atom stereocenters. The average Bonchev–Trinajstić information content (AvgIpc) is 3.83. The number of benzene rings is 1. The number of halogens is 4. The van der Waals surface area contributed by atoms with E-state index < -0.39 is 19.5 Å². The van der Waals surface area contributed by atoms with Gasteiger partial charge in [0.25, 0.3) is 0 Å². The summed E-state index contributed by atoms with van der Waals surface area (Å²) in [5.74, 6) is -0.347. The minimum atomic E-state index is -3.22. The molecule has 1 aromatic carbocycles. The van der Waals surface area contributed by atoms with Crippen molar-refractivity contribution in [1.82, 2.24) is 54.4 Å². The van der Waals surface area contributed by atoms with Gasteiger partial charge in [-0.2, -0.15) is 32.6 Å². The van der Waals surface area contributed by atoms with E-state index in [0.29, 0.717) is 17.0 Å². The number of hydrogen-bond donors (Lipinski definition) is 2. The maximum atomic E-state index is 13.4. The van der Waals surface area contributed by atoms with Gasteiger partial charge < -0.3 is 24.8 Å². The molecule has 47 heavy (non-hydrogen) atoms. The van der Waals surface area contributed by atoms with Crippen LogP contribution in [0, 0.1) is 0 Å². The first-order chi connectivity index (χ1) is 22.6. The molecule has 250 valence electrons. The number of rotatable bonds is 14. The van der Waals surface area contributed by atoms with Gasteiger partial charge in [0.1, 0.15) is 23.7 Å². The number of likely N-dealkylation sites (tertiary alicyclic amines) is 1. The van der Waals surface area contributed by atoms with Crippen LogP contribution in [0.2, 0.25) is 0 Å². The van der Waals surface area contributed by atoms with Crippen LogP contribution < -0.4 is 14.8 Å². The molecule has 0 saturated carbocycles. The average molecular weight is 661 g/mol. The maximum absolute atomic E-state index is 13.4. The first-order valence-corrected chi connectivity index (χ1v) is 14.6. The van der Waals surface area contributed by atoms with Gasteiger partial charge in [0.15, 0.2) is 17.7 Å². The van der Waals surface area contributed by atoms with E-state index >= 15 is 0 Å². The molecule has 5 aromatic rings. The Bertz CT molecular complexity index is 1800. The maximum Gasteiger partial charge on any atom is 0.387 e. The number of likely N-dealkylation sites (N-methyl/N-ethyl adjacent to an activating group) is 1. The fraction of sp³-hybridized carbons (Fsp3) is 0.429. The first-order valence-electron chi connectivity index (χ1n) is 14.6. The van der Waals surface area contributed by atoms with Crippen molar-refractivity contribution in [2.45, 2.75) is 38.5 Å². The zero-order valence-corrected chi connectivity index (χ0v) is 25.4. The van der Waals surface area contributed by atoms with Crippen LogP contribution >= 0.6 is 0 Å². The summed E-state index contributed by atoms with van der Waals surface area (Å²) in [4.78, 5) is 10.3. The highest BCUT2D eigenvalue weighted by molar-refractivity contribution is 5.79.